The molecular formula is C19H33N3O5. The van der Waals surface area contributed by atoms with E-state index in [4.69, 9.17) is 4.74 Å². The van der Waals surface area contributed by atoms with Crippen LogP contribution < -0.4 is 10.6 Å². The third-order valence-electron chi connectivity index (χ3n) is 4.09. The van der Waals surface area contributed by atoms with Gasteiger partial charge in [-0.15, -0.1) is 6.58 Å². The van der Waals surface area contributed by atoms with E-state index in [1.165, 1.54) is 4.90 Å². The van der Waals surface area contributed by atoms with Crippen molar-refractivity contribution >= 4 is 17.9 Å². The van der Waals surface area contributed by atoms with Gasteiger partial charge in [0.15, 0.2) is 0 Å². The number of carbonyl (C=O) groups is 3. The van der Waals surface area contributed by atoms with Crippen LogP contribution in [0.2, 0.25) is 0 Å². The molecule has 3 N–H and O–H groups in total. The standard InChI is InChI=1S/C19H33N3O5/c1-8-12-9-13(23)11-22(12)16(25)15(18(2,3)4)21-14(24)10-20-17(26)27-19(5,6)7/h8,12-13,15,23H,1,9-11H2,2-7H3,(H,20,26)(H,21,24)/t12-,13-,15-/m1/s1. The predicted molar refractivity (Wildman–Crippen MR) is 102 cm³/mol. The Morgan fingerprint density at radius 3 is 2.33 bits per heavy atom. The summed E-state index contributed by atoms with van der Waals surface area (Å²) in [7, 11) is 0. The molecule has 0 radical (unpaired) electrons. The van der Waals surface area contributed by atoms with Crippen molar-refractivity contribution in [3.63, 3.8) is 0 Å². The fraction of sp³-hybridized carbons (Fsp3) is 0.737. The van der Waals surface area contributed by atoms with Gasteiger partial charge in [-0.2, -0.15) is 0 Å². The summed E-state index contributed by atoms with van der Waals surface area (Å²) in [5.74, 6) is -0.779. The minimum absolute atomic E-state index is 0.203. The molecule has 0 aromatic rings. The SMILES string of the molecule is C=C[C@@H]1C[C@@H](O)CN1C(=O)[C@@H](NC(=O)CNC(=O)OC(C)(C)C)C(C)(C)C. The molecule has 1 fully saturated rings. The zero-order valence-corrected chi connectivity index (χ0v) is 17.2. The molecule has 0 unspecified atom stereocenters. The van der Waals surface area contributed by atoms with Crippen molar-refractivity contribution in [3.8, 4) is 0 Å². The molecule has 0 saturated carbocycles. The van der Waals surface area contributed by atoms with Crippen LogP contribution >= 0.6 is 0 Å². The molecule has 1 heterocycles. The van der Waals surface area contributed by atoms with Gasteiger partial charge in [-0.25, -0.2) is 4.79 Å². The zero-order valence-electron chi connectivity index (χ0n) is 17.2. The summed E-state index contributed by atoms with van der Waals surface area (Å²) in [5, 5.41) is 14.9. The van der Waals surface area contributed by atoms with Gasteiger partial charge in [0.2, 0.25) is 11.8 Å². The Morgan fingerprint density at radius 1 is 1.26 bits per heavy atom. The molecule has 8 nitrogen and oxygen atoms in total. The minimum Gasteiger partial charge on any atom is -0.444 e. The number of ether oxygens (including phenoxy) is 1. The molecule has 1 aliphatic heterocycles. The first-order chi connectivity index (χ1) is 12.2. The Balaban J connectivity index is 2.75. The highest BCUT2D eigenvalue weighted by Crippen LogP contribution is 2.26. The van der Waals surface area contributed by atoms with E-state index in [9.17, 15) is 19.5 Å². The van der Waals surface area contributed by atoms with Gasteiger partial charge in [0.25, 0.3) is 0 Å². The highest BCUT2D eigenvalue weighted by Gasteiger charge is 2.41. The molecule has 3 amide bonds. The van der Waals surface area contributed by atoms with Crippen molar-refractivity contribution < 1.29 is 24.2 Å². The summed E-state index contributed by atoms with van der Waals surface area (Å²) < 4.78 is 5.09. The number of β-amino-alcohol motifs (C(OH)–C–C–N with tert-alkyl or cyclic N) is 1. The molecule has 1 saturated heterocycles. The number of aliphatic hydroxyl groups excluding tert-OH is 1. The van der Waals surface area contributed by atoms with Gasteiger partial charge in [0.1, 0.15) is 18.2 Å². The Hall–Kier alpha value is -2.09. The van der Waals surface area contributed by atoms with E-state index in [1.54, 1.807) is 26.8 Å². The van der Waals surface area contributed by atoms with E-state index >= 15 is 0 Å². The van der Waals surface area contributed by atoms with Crippen molar-refractivity contribution in [1.82, 2.24) is 15.5 Å². The Kier molecular flexibility index (Phi) is 7.42. The lowest BCUT2D eigenvalue weighted by molar-refractivity contribution is -0.139. The van der Waals surface area contributed by atoms with Gasteiger partial charge < -0.3 is 25.4 Å². The monoisotopic (exact) mass is 383 g/mol. The molecule has 1 aliphatic rings. The van der Waals surface area contributed by atoms with Crippen LogP contribution in [-0.4, -0.2) is 64.8 Å². The normalized spacial score (nSPS) is 21.4. The quantitative estimate of drug-likeness (QED) is 0.618. The fourth-order valence-corrected chi connectivity index (χ4v) is 2.81. The third kappa shape index (κ3) is 7.21. The van der Waals surface area contributed by atoms with E-state index < -0.39 is 35.2 Å². The van der Waals surface area contributed by atoms with Crippen LogP contribution in [0.15, 0.2) is 12.7 Å². The molecule has 1 rings (SSSR count). The average molecular weight is 383 g/mol. The zero-order chi connectivity index (χ0) is 21.0. The van der Waals surface area contributed by atoms with E-state index in [0.717, 1.165) is 0 Å². The van der Waals surface area contributed by atoms with Crippen molar-refractivity contribution in [2.75, 3.05) is 13.1 Å². The van der Waals surface area contributed by atoms with Crippen molar-refractivity contribution in [3.05, 3.63) is 12.7 Å². The number of likely N-dealkylation sites (tertiary alicyclic amines) is 1. The highest BCUT2D eigenvalue weighted by atomic mass is 16.6. The van der Waals surface area contributed by atoms with E-state index in [1.807, 2.05) is 20.8 Å². The number of alkyl carbamates (subject to hydrolysis) is 1. The molecule has 154 valence electrons. The summed E-state index contributed by atoms with van der Waals surface area (Å²) >= 11 is 0. The molecule has 8 heteroatoms. The first kappa shape index (κ1) is 23.0. The van der Waals surface area contributed by atoms with E-state index in [0.29, 0.717) is 6.42 Å². The molecular weight excluding hydrogens is 350 g/mol. The third-order valence-corrected chi connectivity index (χ3v) is 4.09. The van der Waals surface area contributed by atoms with Gasteiger partial charge in [-0.1, -0.05) is 26.8 Å². The molecule has 0 aromatic carbocycles. The van der Waals surface area contributed by atoms with Crippen molar-refractivity contribution in [2.45, 2.75) is 71.8 Å². The van der Waals surface area contributed by atoms with E-state index in [2.05, 4.69) is 17.2 Å². The molecule has 0 aliphatic carbocycles. The number of amides is 3. The summed E-state index contributed by atoms with van der Waals surface area (Å²) in [6, 6.07) is -1.08. The van der Waals surface area contributed by atoms with Gasteiger partial charge in [-0.05, 0) is 32.6 Å². The first-order valence-electron chi connectivity index (χ1n) is 9.12. The molecule has 0 bridgehead atoms. The minimum atomic E-state index is -0.807. The predicted octanol–water partition coefficient (Wildman–Crippen LogP) is 1.19. The number of carbonyl (C=O) groups excluding carboxylic acids is 3. The second kappa shape index (κ2) is 8.73. The van der Waals surface area contributed by atoms with E-state index in [-0.39, 0.29) is 25.0 Å². The summed E-state index contributed by atoms with van der Waals surface area (Å²) in [6.07, 6.45) is 0.743. The molecule has 0 aromatic heterocycles. The van der Waals surface area contributed by atoms with Crippen LogP contribution in [-0.2, 0) is 14.3 Å². The van der Waals surface area contributed by atoms with Crippen LogP contribution in [0.4, 0.5) is 4.79 Å². The van der Waals surface area contributed by atoms with Crippen LogP contribution in [0.25, 0.3) is 0 Å². The van der Waals surface area contributed by atoms with Gasteiger partial charge in [0.05, 0.1) is 12.1 Å². The number of hydrogen-bond acceptors (Lipinski definition) is 5. The molecule has 0 spiro atoms. The van der Waals surface area contributed by atoms with Crippen molar-refractivity contribution in [1.29, 1.82) is 0 Å². The van der Waals surface area contributed by atoms with Gasteiger partial charge in [0, 0.05) is 6.54 Å². The maximum absolute atomic E-state index is 13.0. The maximum Gasteiger partial charge on any atom is 0.408 e. The molecule has 3 atom stereocenters. The number of rotatable bonds is 5. The number of hydrogen-bond donors (Lipinski definition) is 3. The lowest BCUT2D eigenvalue weighted by atomic mass is 9.85. The fourth-order valence-electron chi connectivity index (χ4n) is 2.81. The topological polar surface area (TPSA) is 108 Å². The molecule has 27 heavy (non-hydrogen) atoms. The number of aliphatic hydroxyl groups is 1. The Morgan fingerprint density at radius 2 is 1.85 bits per heavy atom. The van der Waals surface area contributed by atoms with Gasteiger partial charge in [-0.3, -0.25) is 9.59 Å². The van der Waals surface area contributed by atoms with Gasteiger partial charge >= 0.3 is 6.09 Å². The Labute approximate surface area is 161 Å². The van der Waals surface area contributed by atoms with Crippen molar-refractivity contribution in [2.24, 2.45) is 5.41 Å². The summed E-state index contributed by atoms with van der Waals surface area (Å²) in [5.41, 5.74) is -1.22. The number of nitrogens with zero attached hydrogens (tertiary/aromatic N) is 1. The summed E-state index contributed by atoms with van der Waals surface area (Å²) in [6.45, 7) is 14.3. The summed E-state index contributed by atoms with van der Waals surface area (Å²) in [4.78, 5) is 38.5. The average Bonchev–Trinajstić information content (AvgIpc) is 2.88. The number of nitrogens with one attached hydrogen (secondary N) is 2. The first-order valence-corrected chi connectivity index (χ1v) is 9.12. The lowest BCUT2D eigenvalue weighted by Gasteiger charge is -2.35. The van der Waals surface area contributed by atoms with Crippen LogP contribution in [0.5, 0.6) is 0 Å². The van der Waals surface area contributed by atoms with Crippen LogP contribution in [0.1, 0.15) is 48.0 Å². The Bertz CT molecular complexity index is 577. The largest absolute Gasteiger partial charge is 0.444 e. The lowest BCUT2D eigenvalue weighted by Crippen LogP contribution is -2.57. The maximum atomic E-state index is 13.0. The highest BCUT2D eigenvalue weighted by molar-refractivity contribution is 5.90. The van der Waals surface area contributed by atoms with Crippen LogP contribution in [0, 0.1) is 5.41 Å². The second-order valence-electron chi connectivity index (χ2n) is 8.91. The second-order valence-corrected chi connectivity index (χ2v) is 8.91. The van der Waals surface area contributed by atoms with Crippen LogP contribution in [0.3, 0.4) is 0 Å². The smallest absolute Gasteiger partial charge is 0.408 e.